The van der Waals surface area contributed by atoms with E-state index in [4.69, 9.17) is 4.74 Å². The number of aliphatic carboxylic acids is 1. The first-order valence-electron chi connectivity index (χ1n) is 15.3. The number of benzene rings is 2. The van der Waals surface area contributed by atoms with E-state index in [0.717, 1.165) is 22.3 Å². The maximum absolute atomic E-state index is 12.9. The fourth-order valence-electron chi connectivity index (χ4n) is 5.16. The molecule has 13 heteroatoms. The topological polar surface area (TPSA) is 192 Å². The van der Waals surface area contributed by atoms with Gasteiger partial charge in [0.2, 0.25) is 23.6 Å². The first-order valence-corrected chi connectivity index (χ1v) is 15.3. The van der Waals surface area contributed by atoms with Crippen molar-refractivity contribution >= 4 is 35.7 Å². The van der Waals surface area contributed by atoms with Crippen LogP contribution in [0.25, 0.3) is 11.1 Å². The van der Waals surface area contributed by atoms with Gasteiger partial charge in [0, 0.05) is 5.92 Å². The SMILES string of the molecule is CC[C@H](C)[C@H](NC(=O)CNC(=O)OCC1c2ccccc2-c2ccccc21)C(=O)NCC(=O)N[C@@H](C)C(=O)N[C@H](C(=O)O)C(C)C. The number of carbonyl (C=O) groups is 6. The number of ether oxygens (including phenoxy) is 1. The zero-order valence-electron chi connectivity index (χ0n) is 26.7. The Kier molecular flexibility index (Phi) is 12.7. The molecule has 0 aromatic heterocycles. The van der Waals surface area contributed by atoms with Crippen molar-refractivity contribution in [3.8, 4) is 11.1 Å². The molecule has 0 unspecified atom stereocenters. The number of fused-ring (bicyclic) bond motifs is 3. The van der Waals surface area contributed by atoms with E-state index < -0.39 is 66.9 Å². The molecule has 3 rings (SSSR count). The number of rotatable bonds is 15. The number of hydrogen-bond donors (Lipinski definition) is 6. The lowest BCUT2D eigenvalue weighted by atomic mass is 9.98. The van der Waals surface area contributed by atoms with Crippen molar-refractivity contribution in [2.24, 2.45) is 11.8 Å². The maximum atomic E-state index is 12.9. The largest absolute Gasteiger partial charge is 0.480 e. The molecule has 1 aliphatic rings. The summed E-state index contributed by atoms with van der Waals surface area (Å²) in [4.78, 5) is 74.2. The Morgan fingerprint density at radius 3 is 1.83 bits per heavy atom. The van der Waals surface area contributed by atoms with Crippen molar-refractivity contribution in [2.45, 2.75) is 65.1 Å². The minimum Gasteiger partial charge on any atom is -0.480 e. The second-order valence-electron chi connectivity index (χ2n) is 11.7. The molecule has 2 aromatic carbocycles. The van der Waals surface area contributed by atoms with Gasteiger partial charge in [-0.15, -0.1) is 0 Å². The van der Waals surface area contributed by atoms with Gasteiger partial charge in [-0.25, -0.2) is 9.59 Å². The molecule has 0 saturated heterocycles. The lowest BCUT2D eigenvalue weighted by Gasteiger charge is -2.24. The molecule has 0 spiro atoms. The van der Waals surface area contributed by atoms with Crippen LogP contribution in [0.2, 0.25) is 0 Å². The highest BCUT2D eigenvalue weighted by molar-refractivity contribution is 5.94. The highest BCUT2D eigenvalue weighted by Gasteiger charge is 2.30. The standard InChI is InChI=1S/C33H43N5O8/c1-6-19(4)29(31(42)34-15-26(39)36-20(5)30(41)38-28(18(2)3)32(43)44)37-27(40)16-35-33(45)46-17-25-23-13-9-7-11-21(23)22-12-8-10-14-24(22)25/h7-14,18-20,25,28-29H,6,15-17H2,1-5H3,(H,34,42)(H,35,45)(H,36,39)(H,37,40)(H,38,41)(H,43,44)/t19-,20-,28-,29-/m0/s1. The number of carbonyl (C=O) groups excluding carboxylic acids is 5. The predicted molar refractivity (Wildman–Crippen MR) is 169 cm³/mol. The smallest absolute Gasteiger partial charge is 0.407 e. The number of hydrogen-bond acceptors (Lipinski definition) is 7. The normalized spacial score (nSPS) is 14.5. The molecule has 0 fully saturated rings. The Morgan fingerprint density at radius 1 is 0.739 bits per heavy atom. The molecular weight excluding hydrogens is 594 g/mol. The fourth-order valence-corrected chi connectivity index (χ4v) is 5.16. The quantitative estimate of drug-likeness (QED) is 0.171. The van der Waals surface area contributed by atoms with E-state index in [0.29, 0.717) is 6.42 Å². The molecule has 4 atom stereocenters. The van der Waals surface area contributed by atoms with Crippen LogP contribution in [0, 0.1) is 11.8 Å². The minimum absolute atomic E-state index is 0.0829. The fraction of sp³-hybridized carbons (Fsp3) is 0.455. The molecule has 0 bridgehead atoms. The number of alkyl carbamates (subject to hydrolysis) is 1. The lowest BCUT2D eigenvalue weighted by Crippen LogP contribution is -2.55. The van der Waals surface area contributed by atoms with E-state index in [1.807, 2.05) is 55.5 Å². The predicted octanol–water partition coefficient (Wildman–Crippen LogP) is 1.90. The van der Waals surface area contributed by atoms with E-state index >= 15 is 0 Å². The molecular formula is C33H43N5O8. The number of carboxylic acid groups (broad SMARTS) is 1. The molecule has 248 valence electrons. The van der Waals surface area contributed by atoms with Crippen LogP contribution >= 0.6 is 0 Å². The molecule has 1 aliphatic carbocycles. The van der Waals surface area contributed by atoms with Crippen molar-refractivity contribution in [3.63, 3.8) is 0 Å². The summed E-state index contributed by atoms with van der Waals surface area (Å²) in [5, 5.41) is 21.5. The van der Waals surface area contributed by atoms with Crippen molar-refractivity contribution in [2.75, 3.05) is 19.7 Å². The summed E-state index contributed by atoms with van der Waals surface area (Å²) < 4.78 is 5.46. The Hall–Kier alpha value is -4.94. The molecule has 0 radical (unpaired) electrons. The van der Waals surface area contributed by atoms with Gasteiger partial charge in [-0.3, -0.25) is 19.2 Å². The number of nitrogens with one attached hydrogen (secondary N) is 5. The minimum atomic E-state index is -1.19. The van der Waals surface area contributed by atoms with Crippen LogP contribution in [0.4, 0.5) is 4.79 Å². The molecule has 2 aromatic rings. The maximum Gasteiger partial charge on any atom is 0.407 e. The van der Waals surface area contributed by atoms with Crippen LogP contribution in [-0.2, 0) is 28.7 Å². The van der Waals surface area contributed by atoms with Gasteiger partial charge < -0.3 is 36.4 Å². The van der Waals surface area contributed by atoms with Crippen molar-refractivity contribution in [3.05, 3.63) is 59.7 Å². The molecule has 0 heterocycles. The third kappa shape index (κ3) is 9.29. The third-order valence-corrected chi connectivity index (χ3v) is 7.97. The molecule has 13 nitrogen and oxygen atoms in total. The summed E-state index contributed by atoms with van der Waals surface area (Å²) in [6.45, 7) is 7.43. The van der Waals surface area contributed by atoms with Crippen molar-refractivity contribution in [1.29, 1.82) is 0 Å². The van der Waals surface area contributed by atoms with E-state index in [1.165, 1.54) is 6.92 Å². The average molecular weight is 638 g/mol. The molecule has 0 aliphatic heterocycles. The van der Waals surface area contributed by atoms with Crippen LogP contribution in [-0.4, -0.2) is 78.6 Å². The van der Waals surface area contributed by atoms with E-state index in [9.17, 15) is 33.9 Å². The Morgan fingerprint density at radius 2 is 1.28 bits per heavy atom. The summed E-state index contributed by atoms with van der Waals surface area (Å²) in [6, 6.07) is 12.7. The zero-order chi connectivity index (χ0) is 34.0. The molecule has 0 saturated carbocycles. The first kappa shape index (κ1) is 35.5. The van der Waals surface area contributed by atoms with Crippen LogP contribution < -0.4 is 26.6 Å². The highest BCUT2D eigenvalue weighted by atomic mass is 16.5. The molecule has 46 heavy (non-hydrogen) atoms. The van der Waals surface area contributed by atoms with Gasteiger partial charge in [-0.05, 0) is 41.0 Å². The van der Waals surface area contributed by atoms with E-state index in [1.54, 1.807) is 20.8 Å². The van der Waals surface area contributed by atoms with Gasteiger partial charge >= 0.3 is 12.1 Å². The highest BCUT2D eigenvalue weighted by Crippen LogP contribution is 2.44. The van der Waals surface area contributed by atoms with Gasteiger partial charge in [0.15, 0.2) is 0 Å². The lowest BCUT2D eigenvalue weighted by molar-refractivity contribution is -0.143. The monoisotopic (exact) mass is 637 g/mol. The summed E-state index contributed by atoms with van der Waals surface area (Å²) in [6.07, 6.45) is -0.248. The van der Waals surface area contributed by atoms with Gasteiger partial charge in [0.05, 0.1) is 6.54 Å². The van der Waals surface area contributed by atoms with Gasteiger partial charge in [0.25, 0.3) is 0 Å². The third-order valence-electron chi connectivity index (χ3n) is 7.97. The number of carboxylic acids is 1. The summed E-state index contributed by atoms with van der Waals surface area (Å²) in [7, 11) is 0. The Labute approximate surface area is 268 Å². The van der Waals surface area contributed by atoms with Crippen molar-refractivity contribution < 1.29 is 38.6 Å². The van der Waals surface area contributed by atoms with Gasteiger partial charge in [0.1, 0.15) is 31.3 Å². The Balaban J connectivity index is 1.46. The number of amides is 5. The van der Waals surface area contributed by atoms with Crippen molar-refractivity contribution in [1.82, 2.24) is 26.6 Å². The summed E-state index contributed by atoms with van der Waals surface area (Å²) in [5.41, 5.74) is 4.30. The average Bonchev–Trinajstić information content (AvgIpc) is 3.35. The second-order valence-corrected chi connectivity index (χ2v) is 11.7. The summed E-state index contributed by atoms with van der Waals surface area (Å²) >= 11 is 0. The van der Waals surface area contributed by atoms with Crippen LogP contribution in [0.15, 0.2) is 48.5 Å². The van der Waals surface area contributed by atoms with Gasteiger partial charge in [-0.2, -0.15) is 0 Å². The molecule has 5 amide bonds. The van der Waals surface area contributed by atoms with Crippen LogP contribution in [0.3, 0.4) is 0 Å². The first-order chi connectivity index (χ1) is 21.8. The van der Waals surface area contributed by atoms with Gasteiger partial charge in [-0.1, -0.05) is 82.6 Å². The van der Waals surface area contributed by atoms with Crippen LogP contribution in [0.5, 0.6) is 0 Å². The van der Waals surface area contributed by atoms with E-state index in [-0.39, 0.29) is 24.4 Å². The zero-order valence-corrected chi connectivity index (χ0v) is 26.7. The van der Waals surface area contributed by atoms with Crippen LogP contribution in [0.1, 0.15) is 58.1 Å². The van der Waals surface area contributed by atoms with E-state index in [2.05, 4.69) is 26.6 Å². The molecule has 6 N–H and O–H groups in total. The summed E-state index contributed by atoms with van der Waals surface area (Å²) in [5.74, 6) is -4.63. The second kappa shape index (κ2) is 16.4. The Bertz CT molecular complexity index is 1400.